The number of alkyl halides is 2. The van der Waals surface area contributed by atoms with Gasteiger partial charge in [0.05, 0.1) is 12.8 Å². The Morgan fingerprint density at radius 2 is 2.23 bits per heavy atom. The first kappa shape index (κ1) is 10.2. The predicted molar refractivity (Wildman–Crippen MR) is 46.3 cm³/mol. The van der Waals surface area contributed by atoms with E-state index in [1.165, 1.54) is 7.11 Å². The standard InChI is InChI=1S/C7H6BrF2NO2/c1-13-7-5(8)4(12)2-3(11-7)6(9)10/h2,6H,1H3,(H,11,12). The van der Waals surface area contributed by atoms with E-state index >= 15 is 0 Å². The first-order valence-electron chi connectivity index (χ1n) is 3.31. The van der Waals surface area contributed by atoms with Gasteiger partial charge in [0.25, 0.3) is 6.43 Å². The SMILES string of the molecule is COc1[nH]c(C(F)F)cc(=O)c1Br. The molecular formula is C7H6BrF2NO2. The van der Waals surface area contributed by atoms with Crippen molar-refractivity contribution < 1.29 is 13.5 Å². The number of hydrogen-bond donors (Lipinski definition) is 1. The second-order valence-corrected chi connectivity index (χ2v) is 3.03. The van der Waals surface area contributed by atoms with Gasteiger partial charge < -0.3 is 9.72 Å². The van der Waals surface area contributed by atoms with Crippen LogP contribution in [-0.2, 0) is 0 Å². The lowest BCUT2D eigenvalue weighted by Crippen LogP contribution is -2.08. The highest BCUT2D eigenvalue weighted by Gasteiger charge is 2.13. The van der Waals surface area contributed by atoms with Gasteiger partial charge in [0.15, 0.2) is 5.43 Å². The quantitative estimate of drug-likeness (QED) is 0.877. The maximum absolute atomic E-state index is 12.2. The average Bonchev–Trinajstić information content (AvgIpc) is 2.09. The Bertz CT molecular complexity index is 364. The van der Waals surface area contributed by atoms with Crippen LogP contribution in [0.3, 0.4) is 0 Å². The molecule has 1 heterocycles. The third-order valence-corrected chi connectivity index (χ3v) is 2.15. The van der Waals surface area contributed by atoms with Crippen molar-refractivity contribution in [3.05, 3.63) is 26.5 Å². The highest BCUT2D eigenvalue weighted by atomic mass is 79.9. The molecule has 1 N–H and O–H groups in total. The van der Waals surface area contributed by atoms with Gasteiger partial charge in [-0.1, -0.05) is 0 Å². The zero-order valence-corrected chi connectivity index (χ0v) is 8.19. The molecular weight excluding hydrogens is 248 g/mol. The van der Waals surface area contributed by atoms with Crippen LogP contribution >= 0.6 is 15.9 Å². The van der Waals surface area contributed by atoms with E-state index < -0.39 is 17.5 Å². The topological polar surface area (TPSA) is 42.1 Å². The molecule has 0 aliphatic rings. The van der Waals surface area contributed by atoms with Crippen molar-refractivity contribution in [2.75, 3.05) is 7.11 Å². The summed E-state index contributed by atoms with van der Waals surface area (Å²) in [6.45, 7) is 0. The number of rotatable bonds is 2. The van der Waals surface area contributed by atoms with Crippen LogP contribution in [0.25, 0.3) is 0 Å². The van der Waals surface area contributed by atoms with Crippen LogP contribution in [0.15, 0.2) is 15.3 Å². The number of aromatic amines is 1. The number of nitrogens with one attached hydrogen (secondary N) is 1. The summed E-state index contributed by atoms with van der Waals surface area (Å²) in [5.74, 6) is 0.00259. The second kappa shape index (κ2) is 3.87. The Balaban J connectivity index is 3.31. The minimum absolute atomic E-state index is 0.00259. The maximum atomic E-state index is 12.2. The van der Waals surface area contributed by atoms with Crippen molar-refractivity contribution >= 4 is 15.9 Å². The Kier molecular flexibility index (Phi) is 3.02. The molecule has 0 aliphatic heterocycles. The third-order valence-electron chi connectivity index (χ3n) is 1.40. The summed E-state index contributed by atoms with van der Waals surface area (Å²) in [4.78, 5) is 13.3. The molecule has 13 heavy (non-hydrogen) atoms. The van der Waals surface area contributed by atoms with E-state index in [0.29, 0.717) is 0 Å². The van der Waals surface area contributed by atoms with Gasteiger partial charge in [0.2, 0.25) is 5.88 Å². The molecule has 1 aromatic heterocycles. The van der Waals surface area contributed by atoms with Gasteiger partial charge in [0, 0.05) is 6.07 Å². The molecule has 72 valence electrons. The van der Waals surface area contributed by atoms with Crippen molar-refractivity contribution in [3.8, 4) is 5.88 Å². The molecule has 0 amide bonds. The van der Waals surface area contributed by atoms with E-state index in [1.54, 1.807) is 0 Å². The second-order valence-electron chi connectivity index (χ2n) is 2.24. The highest BCUT2D eigenvalue weighted by Crippen LogP contribution is 2.22. The molecule has 1 rings (SSSR count). The minimum atomic E-state index is -2.71. The Morgan fingerprint density at radius 3 is 2.69 bits per heavy atom. The largest absolute Gasteiger partial charge is 0.481 e. The van der Waals surface area contributed by atoms with Gasteiger partial charge in [0.1, 0.15) is 4.47 Å². The normalized spacial score (nSPS) is 10.5. The van der Waals surface area contributed by atoms with E-state index in [4.69, 9.17) is 0 Å². The number of hydrogen-bond acceptors (Lipinski definition) is 2. The van der Waals surface area contributed by atoms with Crippen LogP contribution in [-0.4, -0.2) is 12.1 Å². The fraction of sp³-hybridized carbons (Fsp3) is 0.286. The lowest BCUT2D eigenvalue weighted by molar-refractivity contribution is 0.145. The van der Waals surface area contributed by atoms with Gasteiger partial charge >= 0.3 is 0 Å². The summed E-state index contributed by atoms with van der Waals surface area (Å²) in [5, 5.41) is 0. The highest BCUT2D eigenvalue weighted by molar-refractivity contribution is 9.10. The van der Waals surface area contributed by atoms with Gasteiger partial charge in [-0.25, -0.2) is 8.78 Å². The van der Waals surface area contributed by atoms with E-state index in [0.717, 1.165) is 6.07 Å². The van der Waals surface area contributed by atoms with Gasteiger partial charge in [-0.15, -0.1) is 0 Å². The molecule has 0 unspecified atom stereocenters. The molecule has 0 spiro atoms. The molecule has 0 bridgehead atoms. The smallest absolute Gasteiger partial charge is 0.278 e. The van der Waals surface area contributed by atoms with E-state index in [2.05, 4.69) is 25.7 Å². The van der Waals surface area contributed by atoms with Crippen LogP contribution in [0.4, 0.5) is 8.78 Å². The number of ether oxygens (including phenoxy) is 1. The van der Waals surface area contributed by atoms with E-state index in [-0.39, 0.29) is 10.4 Å². The van der Waals surface area contributed by atoms with Crippen LogP contribution in [0.5, 0.6) is 5.88 Å². The molecule has 6 heteroatoms. The van der Waals surface area contributed by atoms with Crippen LogP contribution < -0.4 is 10.2 Å². The molecule has 0 radical (unpaired) electrons. The summed E-state index contributed by atoms with van der Waals surface area (Å²) >= 11 is 2.91. The summed E-state index contributed by atoms with van der Waals surface area (Å²) in [7, 11) is 1.28. The first-order valence-corrected chi connectivity index (χ1v) is 4.10. The van der Waals surface area contributed by atoms with E-state index in [9.17, 15) is 13.6 Å². The van der Waals surface area contributed by atoms with E-state index in [1.807, 2.05) is 0 Å². The van der Waals surface area contributed by atoms with Gasteiger partial charge in [-0.2, -0.15) is 0 Å². The summed E-state index contributed by atoms with van der Waals surface area (Å²) in [6.07, 6.45) is -2.71. The summed E-state index contributed by atoms with van der Waals surface area (Å²) < 4.78 is 29.1. The van der Waals surface area contributed by atoms with Crippen LogP contribution in [0.1, 0.15) is 12.1 Å². The number of aromatic nitrogens is 1. The van der Waals surface area contributed by atoms with Crippen molar-refractivity contribution in [1.29, 1.82) is 0 Å². The van der Waals surface area contributed by atoms with Crippen molar-refractivity contribution in [1.82, 2.24) is 4.98 Å². The molecule has 0 aliphatic carbocycles. The zero-order chi connectivity index (χ0) is 10.0. The number of methoxy groups -OCH3 is 1. The first-order chi connectivity index (χ1) is 6.06. The molecule has 0 aromatic carbocycles. The molecule has 0 saturated carbocycles. The minimum Gasteiger partial charge on any atom is -0.481 e. The third kappa shape index (κ3) is 2.06. The fourth-order valence-electron chi connectivity index (χ4n) is 0.797. The van der Waals surface area contributed by atoms with Crippen LogP contribution in [0.2, 0.25) is 0 Å². The molecule has 0 atom stereocenters. The van der Waals surface area contributed by atoms with Gasteiger partial charge in [-0.3, -0.25) is 4.79 Å². The van der Waals surface area contributed by atoms with Crippen molar-refractivity contribution in [2.24, 2.45) is 0 Å². The Hall–Kier alpha value is -0.910. The predicted octanol–water partition coefficient (Wildman–Crippen LogP) is 2.08. The monoisotopic (exact) mass is 253 g/mol. The number of H-pyrrole nitrogens is 1. The lowest BCUT2D eigenvalue weighted by atomic mass is 10.3. The van der Waals surface area contributed by atoms with Crippen LogP contribution in [0, 0.1) is 0 Å². The Morgan fingerprint density at radius 1 is 1.62 bits per heavy atom. The molecule has 1 aromatic rings. The fourth-order valence-corrected chi connectivity index (χ4v) is 1.17. The average molecular weight is 254 g/mol. The Labute approximate surface area is 80.9 Å². The van der Waals surface area contributed by atoms with Gasteiger partial charge in [-0.05, 0) is 15.9 Å². The zero-order valence-electron chi connectivity index (χ0n) is 6.61. The molecule has 0 saturated heterocycles. The summed E-state index contributed by atoms with van der Waals surface area (Å²) in [5.41, 5.74) is -0.990. The number of pyridine rings is 1. The molecule has 0 fully saturated rings. The summed E-state index contributed by atoms with van der Waals surface area (Å²) in [6, 6.07) is 0.831. The number of halogens is 3. The van der Waals surface area contributed by atoms with Crippen molar-refractivity contribution in [3.63, 3.8) is 0 Å². The van der Waals surface area contributed by atoms with Crippen molar-refractivity contribution in [2.45, 2.75) is 6.43 Å². The molecule has 3 nitrogen and oxygen atoms in total. The lowest BCUT2D eigenvalue weighted by Gasteiger charge is -2.05. The maximum Gasteiger partial charge on any atom is 0.278 e.